The van der Waals surface area contributed by atoms with E-state index in [0.29, 0.717) is 27.1 Å². The van der Waals surface area contributed by atoms with E-state index in [-0.39, 0.29) is 41.3 Å². The molecule has 2 heterocycles. The molecule has 1 atom stereocenters. The summed E-state index contributed by atoms with van der Waals surface area (Å²) in [5.74, 6) is 0.287. The van der Waals surface area contributed by atoms with Gasteiger partial charge in [0.15, 0.2) is 0 Å². The standard InChI is InChI=1S/C31H35BrN4O4S/c1-18(2)13-22-17-40-28-26(32)27(25-19(3)7-5-8-20(25)4)33-30(34-28)35-41(38,39)24-10-6-9-21(14-24)29(37)36(22)23-15-31(16-23)11-12-31/h5-10,14,18,22-23H,11-13,15-17H2,1-4H3,(H,33,34,35)/t22-/m1/s1. The van der Waals surface area contributed by atoms with Crippen LogP contribution in [0.25, 0.3) is 11.3 Å². The van der Waals surface area contributed by atoms with Crippen molar-refractivity contribution in [2.75, 3.05) is 11.3 Å². The van der Waals surface area contributed by atoms with Crippen LogP contribution in [0.5, 0.6) is 5.88 Å². The Morgan fingerprint density at radius 1 is 1.10 bits per heavy atom. The molecule has 2 fully saturated rings. The van der Waals surface area contributed by atoms with Gasteiger partial charge in [-0.05, 0) is 103 Å². The van der Waals surface area contributed by atoms with Crippen molar-refractivity contribution >= 4 is 37.8 Å². The summed E-state index contributed by atoms with van der Waals surface area (Å²) in [5, 5.41) is 0. The molecule has 8 nitrogen and oxygen atoms in total. The van der Waals surface area contributed by atoms with Gasteiger partial charge in [-0.25, -0.2) is 18.1 Å². The minimum absolute atomic E-state index is 0.0159. The Labute approximate surface area is 250 Å². The Balaban J connectivity index is 1.51. The number of hydrogen-bond donors (Lipinski definition) is 1. The first-order chi connectivity index (χ1) is 19.5. The molecule has 1 amide bonds. The van der Waals surface area contributed by atoms with E-state index in [1.54, 1.807) is 12.1 Å². The van der Waals surface area contributed by atoms with E-state index in [2.05, 4.69) is 44.5 Å². The molecule has 1 spiro atoms. The Bertz CT molecular complexity index is 1610. The minimum atomic E-state index is -4.10. The van der Waals surface area contributed by atoms with Gasteiger partial charge in [0, 0.05) is 17.2 Å². The van der Waals surface area contributed by atoms with Crippen molar-refractivity contribution < 1.29 is 17.9 Å². The highest BCUT2D eigenvalue weighted by Crippen LogP contribution is 2.62. The molecular weight excluding hydrogens is 604 g/mol. The number of sulfonamides is 1. The van der Waals surface area contributed by atoms with Crippen LogP contribution in [0.15, 0.2) is 51.8 Å². The number of rotatable bonds is 4. The fourth-order valence-corrected chi connectivity index (χ4v) is 7.86. The summed E-state index contributed by atoms with van der Waals surface area (Å²) in [6, 6.07) is 12.1. The van der Waals surface area contributed by atoms with Crippen molar-refractivity contribution in [3.8, 4) is 17.1 Å². The molecule has 2 aromatic carbocycles. The number of hydrogen-bond acceptors (Lipinski definition) is 6. The molecule has 6 rings (SSSR count). The zero-order valence-electron chi connectivity index (χ0n) is 23.8. The Morgan fingerprint density at radius 3 is 2.44 bits per heavy atom. The highest BCUT2D eigenvalue weighted by molar-refractivity contribution is 9.10. The average molecular weight is 640 g/mol. The summed E-state index contributed by atoms with van der Waals surface area (Å²) >= 11 is 3.68. The molecule has 3 aliphatic rings. The molecule has 216 valence electrons. The Kier molecular flexibility index (Phi) is 7.13. The van der Waals surface area contributed by atoms with Gasteiger partial charge in [0.2, 0.25) is 11.8 Å². The summed E-state index contributed by atoms with van der Waals surface area (Å²) in [5.41, 5.74) is 4.12. The Hall–Kier alpha value is -2.98. The molecule has 4 bridgehead atoms. The molecule has 0 unspecified atom stereocenters. The van der Waals surface area contributed by atoms with Crippen molar-refractivity contribution in [3.63, 3.8) is 0 Å². The van der Waals surface area contributed by atoms with Gasteiger partial charge in [0.1, 0.15) is 11.1 Å². The van der Waals surface area contributed by atoms with Crippen molar-refractivity contribution in [2.45, 2.75) is 76.8 Å². The first kappa shape index (κ1) is 28.2. The molecule has 1 N–H and O–H groups in total. The maximum Gasteiger partial charge on any atom is 0.264 e. The first-order valence-electron chi connectivity index (χ1n) is 14.2. The monoisotopic (exact) mass is 638 g/mol. The summed E-state index contributed by atoms with van der Waals surface area (Å²) in [6.45, 7) is 8.48. The van der Waals surface area contributed by atoms with Gasteiger partial charge in [-0.1, -0.05) is 38.1 Å². The summed E-state index contributed by atoms with van der Waals surface area (Å²) < 4.78 is 36.6. The number of nitrogens with zero attached hydrogens (tertiary/aromatic N) is 3. The first-order valence-corrected chi connectivity index (χ1v) is 16.5. The smallest absolute Gasteiger partial charge is 0.264 e. The summed E-state index contributed by atoms with van der Waals surface area (Å²) in [4.78, 5) is 25.3. The van der Waals surface area contributed by atoms with Crippen LogP contribution in [0.2, 0.25) is 0 Å². The van der Waals surface area contributed by atoms with E-state index < -0.39 is 10.0 Å². The van der Waals surface area contributed by atoms with Gasteiger partial charge in [-0.15, -0.1) is 0 Å². The number of nitrogens with one attached hydrogen (secondary N) is 1. The normalized spacial score (nSPS) is 21.3. The zero-order chi connectivity index (χ0) is 29.1. The Morgan fingerprint density at radius 2 is 1.78 bits per heavy atom. The third kappa shape index (κ3) is 5.36. The number of fused-ring (bicyclic) bond motifs is 4. The number of aryl methyl sites for hydroxylation is 2. The van der Waals surface area contributed by atoms with Crippen LogP contribution in [0.1, 0.15) is 67.4 Å². The van der Waals surface area contributed by atoms with Crippen molar-refractivity contribution in [1.29, 1.82) is 0 Å². The number of amides is 1. The molecule has 1 aliphatic heterocycles. The van der Waals surface area contributed by atoms with Crippen LogP contribution in [0, 0.1) is 25.2 Å². The third-order valence-electron chi connectivity index (χ3n) is 8.63. The lowest BCUT2D eigenvalue weighted by molar-refractivity contribution is 0.00911. The van der Waals surface area contributed by atoms with Crippen LogP contribution in [0.4, 0.5) is 5.95 Å². The topological polar surface area (TPSA) is 101 Å². The number of anilines is 1. The van der Waals surface area contributed by atoms with Gasteiger partial charge < -0.3 is 9.64 Å². The number of carbonyl (C=O) groups excluding carboxylic acids is 1. The van der Waals surface area contributed by atoms with E-state index in [1.807, 2.05) is 36.9 Å². The van der Waals surface area contributed by atoms with Crippen molar-refractivity contribution in [1.82, 2.24) is 14.9 Å². The molecule has 2 aliphatic carbocycles. The second-order valence-electron chi connectivity index (χ2n) is 12.3. The van der Waals surface area contributed by atoms with Gasteiger partial charge >= 0.3 is 0 Å². The highest BCUT2D eigenvalue weighted by Gasteiger charge is 2.56. The summed E-state index contributed by atoms with van der Waals surface area (Å²) in [6.07, 6.45) is 5.13. The molecule has 0 saturated heterocycles. The molecule has 3 aromatic rings. The van der Waals surface area contributed by atoms with Gasteiger partial charge in [0.05, 0.1) is 16.6 Å². The van der Waals surface area contributed by atoms with E-state index in [9.17, 15) is 13.2 Å². The van der Waals surface area contributed by atoms with Crippen molar-refractivity contribution in [2.24, 2.45) is 11.3 Å². The van der Waals surface area contributed by atoms with Crippen LogP contribution in [-0.2, 0) is 10.0 Å². The average Bonchev–Trinajstić information content (AvgIpc) is 3.69. The zero-order valence-corrected chi connectivity index (χ0v) is 26.2. The van der Waals surface area contributed by atoms with E-state index >= 15 is 0 Å². The number of benzene rings is 2. The predicted octanol–water partition coefficient (Wildman–Crippen LogP) is 6.52. The second kappa shape index (κ2) is 10.4. The summed E-state index contributed by atoms with van der Waals surface area (Å²) in [7, 11) is -4.10. The molecule has 1 aromatic heterocycles. The quantitative estimate of drug-likeness (QED) is 0.349. The molecule has 2 saturated carbocycles. The lowest BCUT2D eigenvalue weighted by Gasteiger charge is -2.47. The number of halogens is 1. The lowest BCUT2D eigenvalue weighted by Crippen LogP contribution is -2.55. The molecule has 41 heavy (non-hydrogen) atoms. The maximum absolute atomic E-state index is 14.2. The van der Waals surface area contributed by atoms with E-state index in [0.717, 1.165) is 36.0 Å². The number of aromatic nitrogens is 2. The minimum Gasteiger partial charge on any atom is -0.475 e. The largest absolute Gasteiger partial charge is 0.475 e. The van der Waals surface area contributed by atoms with E-state index in [1.165, 1.54) is 25.0 Å². The highest BCUT2D eigenvalue weighted by atomic mass is 79.9. The fraction of sp³-hybridized carbons (Fsp3) is 0.452. The third-order valence-corrected chi connectivity index (χ3v) is 10.7. The molecular formula is C31H35BrN4O4S. The molecule has 0 radical (unpaired) electrons. The van der Waals surface area contributed by atoms with Crippen LogP contribution in [-0.4, -0.2) is 47.9 Å². The second-order valence-corrected chi connectivity index (χ2v) is 14.8. The van der Waals surface area contributed by atoms with E-state index in [4.69, 9.17) is 4.74 Å². The number of carbonyl (C=O) groups is 1. The van der Waals surface area contributed by atoms with Gasteiger partial charge in [0.25, 0.3) is 15.9 Å². The van der Waals surface area contributed by atoms with Crippen LogP contribution in [0.3, 0.4) is 0 Å². The van der Waals surface area contributed by atoms with Crippen molar-refractivity contribution in [3.05, 3.63) is 63.6 Å². The number of ether oxygens (including phenoxy) is 1. The molecule has 10 heteroatoms. The SMILES string of the molecule is Cc1cccc(C)c1-c1nc2nc(c1Br)OC[C@@H](CC(C)C)N(C1CC3(CC3)C1)C(=O)c1cccc(c1)S(=O)(=O)N2. The maximum atomic E-state index is 14.2. The fourth-order valence-electron chi connectivity index (χ4n) is 6.38. The van der Waals surface area contributed by atoms with Crippen LogP contribution < -0.4 is 9.46 Å². The predicted molar refractivity (Wildman–Crippen MR) is 161 cm³/mol. The van der Waals surface area contributed by atoms with Crippen LogP contribution >= 0.6 is 15.9 Å². The van der Waals surface area contributed by atoms with Gasteiger partial charge in [-0.3, -0.25) is 4.79 Å². The lowest BCUT2D eigenvalue weighted by atomic mass is 9.75. The van der Waals surface area contributed by atoms with Gasteiger partial charge in [-0.2, -0.15) is 4.98 Å².